The molecule has 2 heterocycles. The molecular weight excluding hydrogens is 373 g/mol. The molecule has 0 saturated heterocycles. The predicted molar refractivity (Wildman–Crippen MR) is 103 cm³/mol. The molecule has 1 N–H and O–H groups in total. The molecule has 26 heavy (non-hydrogen) atoms. The largest absolute Gasteiger partial charge is 0.497 e. The number of methoxy groups -OCH3 is 1. The first kappa shape index (κ1) is 16.9. The van der Waals surface area contributed by atoms with Crippen LogP contribution in [0.2, 0.25) is 10.0 Å². The summed E-state index contributed by atoms with van der Waals surface area (Å²) in [6.07, 6.45) is 0.804. The lowest BCUT2D eigenvalue weighted by molar-refractivity contribution is 0.0949. The Labute approximate surface area is 160 Å². The van der Waals surface area contributed by atoms with Gasteiger partial charge in [0, 0.05) is 23.0 Å². The molecule has 0 spiro atoms. The maximum atomic E-state index is 12.6. The molecule has 0 saturated carbocycles. The zero-order chi connectivity index (χ0) is 18.3. The van der Waals surface area contributed by atoms with Crippen molar-refractivity contribution >= 4 is 45.8 Å². The third kappa shape index (κ3) is 3.04. The van der Waals surface area contributed by atoms with Gasteiger partial charge in [-0.2, -0.15) is 0 Å². The fraction of sp³-hybridized carbons (Fsp3) is 0.158. The predicted octanol–water partition coefficient (Wildman–Crippen LogP) is 4.26. The van der Waals surface area contributed by atoms with E-state index < -0.39 is 0 Å². The van der Waals surface area contributed by atoms with Gasteiger partial charge in [0.15, 0.2) is 5.82 Å². The maximum Gasteiger partial charge on any atom is 0.271 e. The standard InChI is InChI=1S/C19H15Cl2N3O2/c1-26-14-4-2-11-8-12-6-7-24(18(12)22-17(11)10-14)23-19(25)15-5-3-13(20)9-16(15)21/h2-5,8-10H,6-7H2,1H3,(H,23,25). The number of carbonyl (C=O) groups is 1. The molecule has 1 amide bonds. The molecule has 0 bridgehead atoms. The van der Waals surface area contributed by atoms with Crippen molar-refractivity contribution in [2.45, 2.75) is 6.42 Å². The summed E-state index contributed by atoms with van der Waals surface area (Å²) in [5, 5.41) is 3.59. The van der Waals surface area contributed by atoms with Crippen LogP contribution in [0.25, 0.3) is 10.9 Å². The summed E-state index contributed by atoms with van der Waals surface area (Å²) in [6.45, 7) is 0.646. The second-order valence-corrected chi connectivity index (χ2v) is 6.84. The average molecular weight is 388 g/mol. The molecule has 5 nitrogen and oxygen atoms in total. The van der Waals surface area contributed by atoms with Gasteiger partial charge in [-0.15, -0.1) is 0 Å². The van der Waals surface area contributed by atoms with Gasteiger partial charge in [-0.05, 0) is 48.4 Å². The smallest absolute Gasteiger partial charge is 0.271 e. The zero-order valence-corrected chi connectivity index (χ0v) is 15.4. The van der Waals surface area contributed by atoms with Crippen molar-refractivity contribution in [3.8, 4) is 5.75 Å². The van der Waals surface area contributed by atoms with Gasteiger partial charge in [-0.25, -0.2) is 4.98 Å². The van der Waals surface area contributed by atoms with Crippen LogP contribution in [-0.4, -0.2) is 24.5 Å². The molecular formula is C19H15Cl2N3O2. The molecule has 1 aliphatic rings. The molecule has 0 unspecified atom stereocenters. The SMILES string of the molecule is COc1ccc2cc3c(nc2c1)N(NC(=O)c1ccc(Cl)cc1Cl)CC3. The van der Waals surface area contributed by atoms with Crippen LogP contribution in [0.15, 0.2) is 42.5 Å². The number of ether oxygens (including phenoxy) is 1. The Hall–Kier alpha value is -2.50. The number of anilines is 1. The zero-order valence-electron chi connectivity index (χ0n) is 13.9. The minimum atomic E-state index is -0.299. The number of carbonyl (C=O) groups excluding carboxylic acids is 1. The first-order valence-corrected chi connectivity index (χ1v) is 8.82. The monoisotopic (exact) mass is 387 g/mol. The molecule has 2 aromatic carbocycles. The van der Waals surface area contributed by atoms with E-state index in [9.17, 15) is 4.79 Å². The number of hydrazine groups is 1. The summed E-state index contributed by atoms with van der Waals surface area (Å²) in [5.74, 6) is 1.18. The van der Waals surface area contributed by atoms with E-state index >= 15 is 0 Å². The van der Waals surface area contributed by atoms with Crippen LogP contribution in [0.4, 0.5) is 5.82 Å². The van der Waals surface area contributed by atoms with E-state index in [-0.39, 0.29) is 5.91 Å². The number of fused-ring (bicyclic) bond motifs is 2. The van der Waals surface area contributed by atoms with E-state index in [1.54, 1.807) is 30.3 Å². The van der Waals surface area contributed by atoms with Crippen molar-refractivity contribution in [3.63, 3.8) is 0 Å². The van der Waals surface area contributed by atoms with Crippen LogP contribution in [0.3, 0.4) is 0 Å². The second kappa shape index (κ2) is 6.67. The summed E-state index contributed by atoms with van der Waals surface area (Å²) < 4.78 is 5.26. The highest BCUT2D eigenvalue weighted by molar-refractivity contribution is 6.36. The van der Waals surface area contributed by atoms with Crippen molar-refractivity contribution in [1.29, 1.82) is 0 Å². The molecule has 7 heteroatoms. The number of amides is 1. The van der Waals surface area contributed by atoms with Crippen LogP contribution in [0.1, 0.15) is 15.9 Å². The highest BCUT2D eigenvalue weighted by Gasteiger charge is 2.24. The van der Waals surface area contributed by atoms with E-state index in [0.29, 0.717) is 22.2 Å². The Morgan fingerprint density at radius 1 is 1.19 bits per heavy atom. The average Bonchev–Trinajstić information content (AvgIpc) is 3.01. The highest BCUT2D eigenvalue weighted by atomic mass is 35.5. The first-order valence-electron chi connectivity index (χ1n) is 8.06. The van der Waals surface area contributed by atoms with Crippen LogP contribution >= 0.6 is 23.2 Å². The van der Waals surface area contributed by atoms with Crippen molar-refractivity contribution in [1.82, 2.24) is 10.4 Å². The van der Waals surface area contributed by atoms with Gasteiger partial charge in [-0.3, -0.25) is 15.2 Å². The molecule has 0 radical (unpaired) electrons. The summed E-state index contributed by atoms with van der Waals surface area (Å²) in [7, 11) is 1.62. The second-order valence-electron chi connectivity index (χ2n) is 6.00. The number of rotatable bonds is 3. The number of hydrogen-bond acceptors (Lipinski definition) is 4. The van der Waals surface area contributed by atoms with Crippen LogP contribution in [0, 0.1) is 0 Å². The maximum absolute atomic E-state index is 12.6. The molecule has 132 valence electrons. The van der Waals surface area contributed by atoms with Crippen molar-refractivity contribution in [3.05, 3.63) is 63.6 Å². The third-order valence-corrected chi connectivity index (χ3v) is 4.90. The van der Waals surface area contributed by atoms with Gasteiger partial charge in [0.05, 0.1) is 23.2 Å². The highest BCUT2D eigenvalue weighted by Crippen LogP contribution is 2.30. The Bertz CT molecular complexity index is 1020. The molecule has 1 aromatic heterocycles. The molecule has 0 fully saturated rings. The summed E-state index contributed by atoms with van der Waals surface area (Å²) >= 11 is 12.0. The van der Waals surface area contributed by atoms with Crippen molar-refractivity contribution in [2.24, 2.45) is 0 Å². The van der Waals surface area contributed by atoms with Gasteiger partial charge in [0.25, 0.3) is 5.91 Å². The van der Waals surface area contributed by atoms with Crippen LogP contribution in [0.5, 0.6) is 5.75 Å². The molecule has 0 aliphatic carbocycles. The molecule has 4 rings (SSSR count). The van der Waals surface area contributed by atoms with Crippen molar-refractivity contribution < 1.29 is 9.53 Å². The van der Waals surface area contributed by atoms with E-state index in [1.807, 2.05) is 18.2 Å². The minimum Gasteiger partial charge on any atom is -0.497 e. The number of hydrogen-bond donors (Lipinski definition) is 1. The minimum absolute atomic E-state index is 0.299. The van der Waals surface area contributed by atoms with E-state index in [2.05, 4.69) is 11.5 Å². The topological polar surface area (TPSA) is 54.5 Å². The fourth-order valence-corrected chi connectivity index (χ4v) is 3.52. The summed E-state index contributed by atoms with van der Waals surface area (Å²) in [6, 6.07) is 12.7. The van der Waals surface area contributed by atoms with Gasteiger partial charge in [0.2, 0.25) is 0 Å². The number of nitrogens with one attached hydrogen (secondary N) is 1. The normalized spacial score (nSPS) is 13.0. The summed E-state index contributed by atoms with van der Waals surface area (Å²) in [4.78, 5) is 17.3. The van der Waals surface area contributed by atoms with E-state index in [1.165, 1.54) is 0 Å². The fourth-order valence-electron chi connectivity index (χ4n) is 3.03. The lowest BCUT2D eigenvalue weighted by atomic mass is 10.1. The Kier molecular flexibility index (Phi) is 4.34. The summed E-state index contributed by atoms with van der Waals surface area (Å²) in [5.41, 5.74) is 5.15. The van der Waals surface area contributed by atoms with Crippen LogP contribution < -0.4 is 15.2 Å². The van der Waals surface area contributed by atoms with E-state index in [4.69, 9.17) is 32.9 Å². The Balaban J connectivity index is 1.64. The van der Waals surface area contributed by atoms with Crippen molar-refractivity contribution in [2.75, 3.05) is 18.7 Å². The van der Waals surface area contributed by atoms with Gasteiger partial charge >= 0.3 is 0 Å². The third-order valence-electron chi connectivity index (χ3n) is 4.35. The Morgan fingerprint density at radius 2 is 2.04 bits per heavy atom. The lowest BCUT2D eigenvalue weighted by Crippen LogP contribution is -2.41. The quantitative estimate of drug-likeness (QED) is 0.729. The first-order chi connectivity index (χ1) is 12.5. The molecule has 1 aliphatic heterocycles. The number of aromatic nitrogens is 1. The number of pyridine rings is 1. The lowest BCUT2D eigenvalue weighted by Gasteiger charge is -2.20. The van der Waals surface area contributed by atoms with E-state index in [0.717, 1.165) is 34.5 Å². The number of nitrogens with zero attached hydrogens (tertiary/aromatic N) is 2. The van der Waals surface area contributed by atoms with Crippen LogP contribution in [-0.2, 0) is 6.42 Å². The molecule has 3 aromatic rings. The Morgan fingerprint density at radius 3 is 2.81 bits per heavy atom. The van der Waals surface area contributed by atoms with Gasteiger partial charge in [-0.1, -0.05) is 23.2 Å². The molecule has 0 atom stereocenters. The number of halogens is 2. The van der Waals surface area contributed by atoms with Gasteiger partial charge in [0.1, 0.15) is 5.75 Å². The number of benzene rings is 2. The van der Waals surface area contributed by atoms with Gasteiger partial charge < -0.3 is 4.74 Å².